The highest BCUT2D eigenvalue weighted by atomic mass is 14.7. The van der Waals surface area contributed by atoms with Crippen molar-refractivity contribution < 1.29 is 0 Å². The maximum atomic E-state index is 6.10. The zero-order valence-electron chi connectivity index (χ0n) is 14.9. The van der Waals surface area contributed by atoms with Gasteiger partial charge in [0.2, 0.25) is 0 Å². The number of rotatable bonds is 5. The summed E-state index contributed by atoms with van der Waals surface area (Å²) in [4.78, 5) is 4.75. The SMILES string of the molecule is Cc1cccc(-c2cccc(C/C=C\C=C(/N)c3cccc(N)c3)n2)c1. The summed E-state index contributed by atoms with van der Waals surface area (Å²) < 4.78 is 0. The van der Waals surface area contributed by atoms with Crippen molar-refractivity contribution in [1.29, 1.82) is 0 Å². The van der Waals surface area contributed by atoms with Crippen molar-refractivity contribution in [2.24, 2.45) is 5.73 Å². The predicted octanol–water partition coefficient (Wildman–Crippen LogP) is 4.74. The van der Waals surface area contributed by atoms with Gasteiger partial charge in [0.15, 0.2) is 0 Å². The molecule has 0 atom stereocenters. The molecular weight excluding hydrogens is 318 g/mol. The number of aryl methyl sites for hydroxylation is 1. The van der Waals surface area contributed by atoms with Crippen LogP contribution in [-0.2, 0) is 6.42 Å². The van der Waals surface area contributed by atoms with Crippen LogP contribution in [0.1, 0.15) is 16.8 Å². The highest BCUT2D eigenvalue weighted by Gasteiger charge is 2.00. The van der Waals surface area contributed by atoms with Crippen LogP contribution in [0.5, 0.6) is 0 Å². The lowest BCUT2D eigenvalue weighted by Crippen LogP contribution is -1.96. The van der Waals surface area contributed by atoms with E-state index in [1.165, 1.54) is 5.56 Å². The lowest BCUT2D eigenvalue weighted by atomic mass is 10.1. The van der Waals surface area contributed by atoms with E-state index in [1.54, 1.807) is 0 Å². The summed E-state index contributed by atoms with van der Waals surface area (Å²) in [6.07, 6.45) is 6.65. The number of benzene rings is 2. The van der Waals surface area contributed by atoms with Gasteiger partial charge in [0.05, 0.1) is 5.69 Å². The van der Waals surface area contributed by atoms with Crippen LogP contribution in [-0.4, -0.2) is 4.98 Å². The maximum absolute atomic E-state index is 6.10. The van der Waals surface area contributed by atoms with E-state index in [2.05, 4.69) is 37.3 Å². The molecular formula is C23H23N3. The minimum atomic E-state index is 0.690. The molecule has 26 heavy (non-hydrogen) atoms. The van der Waals surface area contributed by atoms with E-state index in [0.717, 1.165) is 28.9 Å². The number of anilines is 1. The molecule has 0 saturated carbocycles. The molecule has 3 heteroatoms. The van der Waals surface area contributed by atoms with Crippen molar-refractivity contribution in [3.63, 3.8) is 0 Å². The van der Waals surface area contributed by atoms with Crippen molar-refractivity contribution in [1.82, 2.24) is 4.98 Å². The van der Waals surface area contributed by atoms with E-state index in [0.29, 0.717) is 11.4 Å². The second kappa shape index (κ2) is 8.17. The summed E-state index contributed by atoms with van der Waals surface area (Å²) in [5.74, 6) is 0. The fourth-order valence-corrected chi connectivity index (χ4v) is 2.73. The standard InChI is InChI=1S/C23H23N3/c1-17-7-4-9-19(15-17)23-14-6-12-21(26-23)11-2-3-13-22(25)18-8-5-10-20(24)16-18/h2-10,12-16H,11,24-25H2,1H3/b3-2-,22-13-. The van der Waals surface area contributed by atoms with E-state index >= 15 is 0 Å². The third-order valence-corrected chi connectivity index (χ3v) is 4.08. The Labute approximate surface area is 154 Å². The summed E-state index contributed by atoms with van der Waals surface area (Å²) in [5, 5.41) is 0. The number of hydrogen-bond donors (Lipinski definition) is 2. The van der Waals surface area contributed by atoms with Gasteiger partial charge < -0.3 is 11.5 Å². The summed E-state index contributed by atoms with van der Waals surface area (Å²) in [5.41, 5.74) is 18.6. The number of nitrogens with zero attached hydrogens (tertiary/aromatic N) is 1. The van der Waals surface area contributed by atoms with Gasteiger partial charge in [-0.05, 0) is 48.9 Å². The lowest BCUT2D eigenvalue weighted by molar-refractivity contribution is 1.11. The Hall–Kier alpha value is -3.33. The molecule has 0 fully saturated rings. The molecule has 0 aliphatic heterocycles. The third kappa shape index (κ3) is 4.61. The van der Waals surface area contributed by atoms with Crippen molar-refractivity contribution in [3.05, 3.63) is 102 Å². The van der Waals surface area contributed by atoms with Gasteiger partial charge in [-0.1, -0.05) is 54.1 Å². The molecule has 2 aromatic carbocycles. The fourth-order valence-electron chi connectivity index (χ4n) is 2.73. The number of allylic oxidation sites excluding steroid dienone is 3. The van der Waals surface area contributed by atoms with Crippen LogP contribution in [0.25, 0.3) is 17.0 Å². The minimum absolute atomic E-state index is 0.690. The molecule has 3 nitrogen and oxygen atoms in total. The van der Waals surface area contributed by atoms with Crippen LogP contribution in [0.4, 0.5) is 5.69 Å². The first-order valence-electron chi connectivity index (χ1n) is 8.63. The first-order valence-corrected chi connectivity index (χ1v) is 8.63. The van der Waals surface area contributed by atoms with Crippen molar-refractivity contribution in [2.75, 3.05) is 5.73 Å². The van der Waals surface area contributed by atoms with Gasteiger partial charge in [-0.15, -0.1) is 0 Å². The van der Waals surface area contributed by atoms with Crippen LogP contribution in [0.2, 0.25) is 0 Å². The number of nitrogens with two attached hydrogens (primary N) is 2. The molecule has 0 amide bonds. The molecule has 1 aromatic heterocycles. The highest BCUT2D eigenvalue weighted by Crippen LogP contribution is 2.18. The normalized spacial score (nSPS) is 11.8. The Morgan fingerprint density at radius 3 is 2.62 bits per heavy atom. The van der Waals surface area contributed by atoms with E-state index < -0.39 is 0 Å². The third-order valence-electron chi connectivity index (χ3n) is 4.08. The van der Waals surface area contributed by atoms with Crippen molar-refractivity contribution >= 4 is 11.4 Å². The molecule has 0 saturated heterocycles. The molecule has 1 heterocycles. The van der Waals surface area contributed by atoms with Crippen LogP contribution < -0.4 is 11.5 Å². The molecule has 0 unspecified atom stereocenters. The second-order valence-electron chi connectivity index (χ2n) is 6.26. The maximum Gasteiger partial charge on any atom is 0.0705 e. The largest absolute Gasteiger partial charge is 0.399 e. The predicted molar refractivity (Wildman–Crippen MR) is 110 cm³/mol. The molecule has 3 rings (SSSR count). The second-order valence-corrected chi connectivity index (χ2v) is 6.26. The van der Waals surface area contributed by atoms with Crippen molar-refractivity contribution in [3.8, 4) is 11.3 Å². The summed E-state index contributed by atoms with van der Waals surface area (Å²) >= 11 is 0. The van der Waals surface area contributed by atoms with Gasteiger partial charge in [-0.2, -0.15) is 0 Å². The van der Waals surface area contributed by atoms with Gasteiger partial charge in [0, 0.05) is 29.1 Å². The molecule has 0 spiro atoms. The van der Waals surface area contributed by atoms with Crippen LogP contribution in [0.15, 0.2) is 85.0 Å². The van der Waals surface area contributed by atoms with E-state index in [9.17, 15) is 0 Å². The average molecular weight is 341 g/mol. The number of aromatic nitrogens is 1. The Kier molecular flexibility index (Phi) is 5.49. The number of nitrogen functional groups attached to an aromatic ring is 1. The van der Waals surface area contributed by atoms with Gasteiger partial charge in [-0.25, -0.2) is 0 Å². The topological polar surface area (TPSA) is 64.9 Å². The van der Waals surface area contributed by atoms with Crippen molar-refractivity contribution in [2.45, 2.75) is 13.3 Å². The van der Waals surface area contributed by atoms with E-state index in [1.807, 2.05) is 54.6 Å². The van der Waals surface area contributed by atoms with Gasteiger partial charge in [-0.3, -0.25) is 4.98 Å². The monoisotopic (exact) mass is 341 g/mol. The highest BCUT2D eigenvalue weighted by molar-refractivity contribution is 5.67. The molecule has 130 valence electrons. The van der Waals surface area contributed by atoms with Crippen LogP contribution in [0, 0.1) is 6.92 Å². The smallest absolute Gasteiger partial charge is 0.0705 e. The fraction of sp³-hybridized carbons (Fsp3) is 0.0870. The lowest BCUT2D eigenvalue weighted by Gasteiger charge is -2.04. The first-order chi connectivity index (χ1) is 12.6. The molecule has 0 aliphatic carbocycles. The summed E-state index contributed by atoms with van der Waals surface area (Å²) in [6.45, 7) is 2.09. The average Bonchev–Trinajstić information content (AvgIpc) is 2.65. The molecule has 0 radical (unpaired) electrons. The summed E-state index contributed by atoms with van der Waals surface area (Å²) in [7, 11) is 0. The summed E-state index contributed by atoms with van der Waals surface area (Å²) in [6, 6.07) is 22.1. The first kappa shape index (κ1) is 17.5. The Morgan fingerprint density at radius 2 is 1.81 bits per heavy atom. The van der Waals surface area contributed by atoms with Crippen LogP contribution >= 0.6 is 0 Å². The zero-order valence-corrected chi connectivity index (χ0v) is 14.9. The Bertz CT molecular complexity index is 955. The minimum Gasteiger partial charge on any atom is -0.399 e. The van der Waals surface area contributed by atoms with Gasteiger partial charge in [0.1, 0.15) is 0 Å². The Morgan fingerprint density at radius 1 is 1.00 bits per heavy atom. The zero-order chi connectivity index (χ0) is 18.4. The molecule has 3 aromatic rings. The molecule has 0 aliphatic rings. The van der Waals surface area contributed by atoms with Gasteiger partial charge in [0.25, 0.3) is 0 Å². The van der Waals surface area contributed by atoms with Crippen LogP contribution in [0.3, 0.4) is 0 Å². The molecule has 0 bridgehead atoms. The van der Waals surface area contributed by atoms with Gasteiger partial charge >= 0.3 is 0 Å². The quantitative estimate of drug-likeness (QED) is 0.520. The Balaban J connectivity index is 1.69. The van der Waals surface area contributed by atoms with E-state index in [4.69, 9.17) is 16.5 Å². The van der Waals surface area contributed by atoms with E-state index in [-0.39, 0.29) is 0 Å². The number of pyridine rings is 1. The number of hydrogen-bond acceptors (Lipinski definition) is 3. The molecule has 4 N–H and O–H groups in total.